The number of rotatable bonds is 3. The average molecular weight is 365 g/mol. The molecule has 0 spiro atoms. The van der Waals surface area contributed by atoms with Gasteiger partial charge in [-0.2, -0.15) is 5.10 Å². The van der Waals surface area contributed by atoms with E-state index in [1.54, 1.807) is 6.20 Å². The maximum absolute atomic E-state index is 13.7. The Morgan fingerprint density at radius 1 is 1.26 bits per heavy atom. The molecule has 1 saturated heterocycles. The number of carbonyl (C=O) groups excluding carboxylic acids is 1. The molecule has 3 aromatic rings. The van der Waals surface area contributed by atoms with Crippen LogP contribution in [0, 0.1) is 6.92 Å². The number of pyridine rings is 1. The van der Waals surface area contributed by atoms with Gasteiger partial charge in [-0.3, -0.25) is 9.48 Å². The largest absolute Gasteiger partial charge is 0.336 e. The molecule has 0 bridgehead atoms. The van der Waals surface area contributed by atoms with Gasteiger partial charge in [-0.15, -0.1) is 0 Å². The van der Waals surface area contributed by atoms with Crippen LogP contribution >= 0.6 is 0 Å². The van der Waals surface area contributed by atoms with Gasteiger partial charge in [0, 0.05) is 31.4 Å². The van der Waals surface area contributed by atoms with E-state index in [2.05, 4.69) is 15.2 Å². The van der Waals surface area contributed by atoms with Crippen molar-refractivity contribution in [3.63, 3.8) is 0 Å². The first-order valence-electron chi connectivity index (χ1n) is 9.69. The Morgan fingerprint density at radius 2 is 2.11 bits per heavy atom. The summed E-state index contributed by atoms with van der Waals surface area (Å²) in [4.78, 5) is 20.3. The monoisotopic (exact) mass is 365 g/mol. The highest BCUT2D eigenvalue weighted by atomic mass is 16.5. The number of fused-ring (bicyclic) bond motifs is 1. The minimum atomic E-state index is 0.0431. The van der Waals surface area contributed by atoms with Crippen LogP contribution < -0.4 is 0 Å². The lowest BCUT2D eigenvalue weighted by Crippen LogP contribution is -2.39. The minimum absolute atomic E-state index is 0.0431. The van der Waals surface area contributed by atoms with E-state index < -0.39 is 0 Å². The summed E-state index contributed by atoms with van der Waals surface area (Å²) < 4.78 is 7.29. The molecule has 1 aliphatic heterocycles. The zero-order valence-electron chi connectivity index (χ0n) is 15.7. The van der Waals surface area contributed by atoms with Crippen LogP contribution in [0.4, 0.5) is 0 Å². The summed E-state index contributed by atoms with van der Waals surface area (Å²) in [7, 11) is 1.94. The van der Waals surface area contributed by atoms with Crippen LogP contribution in [0.25, 0.3) is 11.1 Å². The van der Waals surface area contributed by atoms with E-state index in [-0.39, 0.29) is 11.9 Å². The molecule has 1 aliphatic carbocycles. The zero-order valence-corrected chi connectivity index (χ0v) is 15.7. The number of aryl methyl sites for hydroxylation is 2. The van der Waals surface area contributed by atoms with Crippen molar-refractivity contribution >= 4 is 17.0 Å². The van der Waals surface area contributed by atoms with Gasteiger partial charge in [-0.25, -0.2) is 4.98 Å². The van der Waals surface area contributed by atoms with Gasteiger partial charge >= 0.3 is 0 Å². The van der Waals surface area contributed by atoms with Crippen LogP contribution in [0.3, 0.4) is 0 Å². The molecular weight excluding hydrogens is 342 g/mol. The van der Waals surface area contributed by atoms with E-state index in [1.165, 1.54) is 0 Å². The number of nitrogens with zero attached hydrogens (tertiary/aromatic N) is 5. The Hall–Kier alpha value is -2.70. The second-order valence-corrected chi connectivity index (χ2v) is 7.71. The third-order valence-electron chi connectivity index (χ3n) is 5.83. The number of hydrogen-bond donors (Lipinski definition) is 0. The van der Waals surface area contributed by atoms with Gasteiger partial charge < -0.3 is 9.42 Å². The van der Waals surface area contributed by atoms with Crippen molar-refractivity contribution < 1.29 is 9.32 Å². The van der Waals surface area contributed by atoms with Crippen LogP contribution in [0.1, 0.15) is 71.5 Å². The molecule has 1 atom stereocenters. The first-order chi connectivity index (χ1) is 13.1. The summed E-state index contributed by atoms with van der Waals surface area (Å²) in [5, 5.41) is 9.12. The maximum atomic E-state index is 13.7. The van der Waals surface area contributed by atoms with Crippen molar-refractivity contribution in [1.29, 1.82) is 0 Å². The number of piperidine rings is 1. The Morgan fingerprint density at radius 3 is 2.85 bits per heavy atom. The lowest BCUT2D eigenvalue weighted by atomic mass is 9.97. The van der Waals surface area contributed by atoms with Crippen molar-refractivity contribution in [2.75, 3.05) is 6.54 Å². The Kier molecular flexibility index (Phi) is 3.77. The number of amides is 1. The van der Waals surface area contributed by atoms with Gasteiger partial charge in [0.05, 0.1) is 28.4 Å². The van der Waals surface area contributed by atoms with E-state index in [4.69, 9.17) is 4.52 Å². The minimum Gasteiger partial charge on any atom is -0.336 e. The number of carbonyl (C=O) groups is 1. The van der Waals surface area contributed by atoms with E-state index in [1.807, 2.05) is 35.7 Å². The van der Waals surface area contributed by atoms with Gasteiger partial charge in [0.2, 0.25) is 0 Å². The summed E-state index contributed by atoms with van der Waals surface area (Å²) >= 11 is 0. The highest BCUT2D eigenvalue weighted by Crippen LogP contribution is 2.41. The van der Waals surface area contributed by atoms with Crippen molar-refractivity contribution in [2.24, 2.45) is 7.05 Å². The standard InChI is InChI=1S/C20H23N5O2/c1-12-18-14(11-15(13-6-7-13)22-19(18)27-23-12)20(26)25-10-4-3-5-17(25)16-8-9-21-24(16)2/h8-9,11,13,17H,3-7,10H2,1-2H3/t17-/m0/s1. The van der Waals surface area contributed by atoms with Gasteiger partial charge in [-0.1, -0.05) is 5.16 Å². The van der Waals surface area contributed by atoms with Crippen LogP contribution in [0.15, 0.2) is 22.9 Å². The maximum Gasteiger partial charge on any atom is 0.259 e. The summed E-state index contributed by atoms with van der Waals surface area (Å²) in [6.07, 6.45) is 7.14. The van der Waals surface area contributed by atoms with Gasteiger partial charge in [0.15, 0.2) is 0 Å². The molecule has 140 valence electrons. The van der Waals surface area contributed by atoms with E-state index in [0.717, 1.165) is 61.1 Å². The molecule has 1 saturated carbocycles. The van der Waals surface area contributed by atoms with Crippen molar-refractivity contribution in [2.45, 2.75) is 51.0 Å². The van der Waals surface area contributed by atoms with E-state index >= 15 is 0 Å². The molecule has 0 unspecified atom stereocenters. The molecule has 5 rings (SSSR count). The van der Waals surface area contributed by atoms with Gasteiger partial charge in [-0.05, 0) is 51.2 Å². The lowest BCUT2D eigenvalue weighted by Gasteiger charge is -2.36. The quantitative estimate of drug-likeness (QED) is 0.710. The summed E-state index contributed by atoms with van der Waals surface area (Å²) in [6.45, 7) is 2.62. The Bertz CT molecular complexity index is 1020. The third kappa shape index (κ3) is 2.72. The van der Waals surface area contributed by atoms with Gasteiger partial charge in [0.1, 0.15) is 0 Å². The summed E-state index contributed by atoms with van der Waals surface area (Å²) in [6, 6.07) is 4.03. The van der Waals surface area contributed by atoms with Crippen LogP contribution in [-0.4, -0.2) is 37.3 Å². The summed E-state index contributed by atoms with van der Waals surface area (Å²) in [5.41, 5.74) is 3.91. The van der Waals surface area contributed by atoms with Crippen LogP contribution in [0.2, 0.25) is 0 Å². The fourth-order valence-electron chi connectivity index (χ4n) is 4.22. The van der Waals surface area contributed by atoms with Crippen molar-refractivity contribution in [1.82, 2.24) is 24.8 Å². The SMILES string of the molecule is Cc1noc2nc(C3CC3)cc(C(=O)N3CCCC[C@H]3c3ccnn3C)c12. The molecule has 0 aromatic carbocycles. The molecule has 2 aliphatic rings. The lowest BCUT2D eigenvalue weighted by molar-refractivity contribution is 0.0603. The topological polar surface area (TPSA) is 77.1 Å². The molecular formula is C20H23N5O2. The predicted molar refractivity (Wildman–Crippen MR) is 99.4 cm³/mol. The first-order valence-corrected chi connectivity index (χ1v) is 9.69. The molecule has 1 amide bonds. The van der Waals surface area contributed by atoms with Crippen molar-refractivity contribution in [3.05, 3.63) is 41.0 Å². The molecule has 7 heteroatoms. The summed E-state index contributed by atoms with van der Waals surface area (Å²) in [5.74, 6) is 0.488. The zero-order chi connectivity index (χ0) is 18.5. The van der Waals surface area contributed by atoms with Crippen LogP contribution in [-0.2, 0) is 7.05 Å². The first kappa shape index (κ1) is 16.5. The number of hydrogen-bond acceptors (Lipinski definition) is 5. The normalized spacial score (nSPS) is 20.4. The van der Waals surface area contributed by atoms with E-state index in [0.29, 0.717) is 17.2 Å². The second kappa shape index (κ2) is 6.18. The highest BCUT2D eigenvalue weighted by molar-refractivity contribution is 6.06. The molecule has 7 nitrogen and oxygen atoms in total. The number of aromatic nitrogens is 4. The third-order valence-corrected chi connectivity index (χ3v) is 5.83. The van der Waals surface area contributed by atoms with Gasteiger partial charge in [0.25, 0.3) is 11.6 Å². The molecule has 0 radical (unpaired) electrons. The molecule has 3 aromatic heterocycles. The molecule has 2 fully saturated rings. The van der Waals surface area contributed by atoms with Crippen LogP contribution in [0.5, 0.6) is 0 Å². The smallest absolute Gasteiger partial charge is 0.259 e. The average Bonchev–Trinajstić information content (AvgIpc) is 3.36. The second-order valence-electron chi connectivity index (χ2n) is 7.71. The Balaban J connectivity index is 1.60. The predicted octanol–water partition coefficient (Wildman–Crippen LogP) is 3.51. The van der Waals surface area contributed by atoms with Crippen molar-refractivity contribution in [3.8, 4) is 0 Å². The fraction of sp³-hybridized carbons (Fsp3) is 0.500. The fourth-order valence-corrected chi connectivity index (χ4v) is 4.22. The van der Waals surface area contributed by atoms with E-state index in [9.17, 15) is 4.79 Å². The molecule has 4 heterocycles. The highest BCUT2D eigenvalue weighted by Gasteiger charge is 2.34. The molecule has 0 N–H and O–H groups in total. The Labute approximate surface area is 157 Å². The number of likely N-dealkylation sites (tertiary alicyclic amines) is 1. The molecule has 27 heavy (non-hydrogen) atoms.